The van der Waals surface area contributed by atoms with E-state index in [1.807, 2.05) is 24.3 Å². The molecule has 1 aromatic rings. The lowest BCUT2D eigenvalue weighted by molar-refractivity contribution is -0.119. The van der Waals surface area contributed by atoms with Gasteiger partial charge in [-0.3, -0.25) is 9.69 Å². The topological polar surface area (TPSA) is 52.6 Å². The van der Waals surface area contributed by atoms with Crippen LogP contribution in [0.3, 0.4) is 0 Å². The van der Waals surface area contributed by atoms with Gasteiger partial charge in [-0.1, -0.05) is 25.5 Å². The predicted octanol–water partition coefficient (Wildman–Crippen LogP) is 2.42. The van der Waals surface area contributed by atoms with Crippen LogP contribution in [0.15, 0.2) is 24.3 Å². The summed E-state index contributed by atoms with van der Waals surface area (Å²) in [6, 6.07) is 8.43. The van der Waals surface area contributed by atoms with Crippen LogP contribution in [0.2, 0.25) is 0 Å². The van der Waals surface area contributed by atoms with E-state index in [4.69, 9.17) is 0 Å². The summed E-state index contributed by atoms with van der Waals surface area (Å²) < 4.78 is 0. The van der Waals surface area contributed by atoms with Crippen LogP contribution in [0.1, 0.15) is 38.7 Å². The van der Waals surface area contributed by atoms with Gasteiger partial charge in [0.2, 0.25) is 5.91 Å². The Bertz CT molecular complexity index is 458. The summed E-state index contributed by atoms with van der Waals surface area (Å²) in [6.07, 6.45) is 4.19. The van der Waals surface area contributed by atoms with Crippen molar-refractivity contribution < 1.29 is 9.90 Å². The molecular weight excluding hydrogens is 264 g/mol. The third-order valence-corrected chi connectivity index (χ3v) is 4.38. The molecule has 1 amide bonds. The fourth-order valence-corrected chi connectivity index (χ4v) is 3.01. The van der Waals surface area contributed by atoms with Crippen molar-refractivity contribution >= 4 is 11.6 Å². The maximum atomic E-state index is 12.2. The van der Waals surface area contributed by atoms with Crippen molar-refractivity contribution in [2.45, 2.75) is 51.6 Å². The molecule has 1 aromatic carbocycles. The number of amides is 1. The Hall–Kier alpha value is -1.39. The lowest BCUT2D eigenvalue weighted by Crippen LogP contribution is -2.50. The number of aliphatic hydroxyl groups excluding tert-OH is 1. The second-order valence-electron chi connectivity index (χ2n) is 5.89. The zero-order valence-electron chi connectivity index (χ0n) is 13.0. The Morgan fingerprint density at radius 1 is 1.33 bits per heavy atom. The van der Waals surface area contributed by atoms with Gasteiger partial charge in [0.25, 0.3) is 0 Å². The van der Waals surface area contributed by atoms with E-state index in [2.05, 4.69) is 24.1 Å². The largest absolute Gasteiger partial charge is 0.395 e. The van der Waals surface area contributed by atoms with Crippen LogP contribution in [-0.2, 0) is 11.2 Å². The number of anilines is 1. The van der Waals surface area contributed by atoms with Crippen LogP contribution in [0.5, 0.6) is 0 Å². The maximum absolute atomic E-state index is 12.2. The molecule has 1 fully saturated rings. The van der Waals surface area contributed by atoms with E-state index in [0.29, 0.717) is 12.6 Å². The van der Waals surface area contributed by atoms with E-state index in [9.17, 15) is 9.90 Å². The average Bonchev–Trinajstić information content (AvgIpc) is 2.50. The molecule has 0 aromatic heterocycles. The Labute approximate surface area is 127 Å². The van der Waals surface area contributed by atoms with Gasteiger partial charge in [-0.2, -0.15) is 0 Å². The van der Waals surface area contributed by atoms with Gasteiger partial charge < -0.3 is 10.4 Å². The Kier molecular flexibility index (Phi) is 5.76. The van der Waals surface area contributed by atoms with Gasteiger partial charge in [-0.25, -0.2) is 0 Å². The second kappa shape index (κ2) is 7.57. The number of piperidine rings is 1. The van der Waals surface area contributed by atoms with Crippen molar-refractivity contribution in [2.24, 2.45) is 0 Å². The second-order valence-corrected chi connectivity index (χ2v) is 5.89. The number of aryl methyl sites for hydroxylation is 1. The lowest BCUT2D eigenvalue weighted by Gasteiger charge is -2.39. The monoisotopic (exact) mass is 290 g/mol. The van der Waals surface area contributed by atoms with E-state index >= 15 is 0 Å². The average molecular weight is 290 g/mol. The number of nitrogens with zero attached hydrogens (tertiary/aromatic N) is 1. The Morgan fingerprint density at radius 3 is 2.67 bits per heavy atom. The van der Waals surface area contributed by atoms with E-state index in [0.717, 1.165) is 31.4 Å². The van der Waals surface area contributed by atoms with Gasteiger partial charge in [0.05, 0.1) is 13.2 Å². The first-order chi connectivity index (χ1) is 10.1. The highest BCUT2D eigenvalue weighted by Gasteiger charge is 2.28. The van der Waals surface area contributed by atoms with Gasteiger partial charge in [0, 0.05) is 17.8 Å². The molecule has 1 aliphatic heterocycles. The zero-order valence-corrected chi connectivity index (χ0v) is 13.0. The molecule has 1 heterocycles. The van der Waals surface area contributed by atoms with Crippen LogP contribution < -0.4 is 5.32 Å². The number of nitrogens with one attached hydrogen (secondary N) is 1. The number of likely N-dealkylation sites (tertiary alicyclic amines) is 1. The van der Waals surface area contributed by atoms with Gasteiger partial charge in [0.1, 0.15) is 0 Å². The minimum Gasteiger partial charge on any atom is -0.395 e. The molecule has 4 nitrogen and oxygen atoms in total. The number of carbonyl (C=O) groups excluding carboxylic acids is 1. The molecule has 21 heavy (non-hydrogen) atoms. The molecule has 0 radical (unpaired) electrons. The normalized spacial score (nSPS) is 23.0. The molecule has 0 saturated carbocycles. The Morgan fingerprint density at radius 2 is 2.05 bits per heavy atom. The SMILES string of the molecule is CCc1ccc(NC(=O)CN2C(C)CCCC2CO)cc1. The van der Waals surface area contributed by atoms with Crippen LogP contribution >= 0.6 is 0 Å². The van der Waals surface area contributed by atoms with E-state index < -0.39 is 0 Å². The summed E-state index contributed by atoms with van der Waals surface area (Å²) in [5.41, 5.74) is 2.10. The number of carbonyl (C=O) groups is 1. The van der Waals surface area contributed by atoms with Gasteiger partial charge in [-0.05, 0) is 43.9 Å². The van der Waals surface area contributed by atoms with Gasteiger partial charge in [0.15, 0.2) is 0 Å². The molecule has 4 heteroatoms. The van der Waals surface area contributed by atoms with Crippen molar-refractivity contribution in [3.63, 3.8) is 0 Å². The predicted molar refractivity (Wildman–Crippen MR) is 85.3 cm³/mol. The third-order valence-electron chi connectivity index (χ3n) is 4.38. The number of rotatable bonds is 5. The van der Waals surface area contributed by atoms with Crippen LogP contribution in [-0.4, -0.2) is 41.1 Å². The summed E-state index contributed by atoms with van der Waals surface area (Å²) in [6.45, 7) is 4.72. The maximum Gasteiger partial charge on any atom is 0.238 e. The smallest absolute Gasteiger partial charge is 0.238 e. The van der Waals surface area contributed by atoms with Gasteiger partial charge in [-0.15, -0.1) is 0 Å². The summed E-state index contributed by atoms with van der Waals surface area (Å²) in [5.74, 6) is -0.00792. The molecule has 0 aliphatic carbocycles. The molecule has 2 rings (SSSR count). The van der Waals surface area contributed by atoms with Crippen LogP contribution in [0, 0.1) is 0 Å². The number of hydrogen-bond donors (Lipinski definition) is 2. The molecule has 2 N–H and O–H groups in total. The molecular formula is C17H26N2O2. The highest BCUT2D eigenvalue weighted by atomic mass is 16.3. The fraction of sp³-hybridized carbons (Fsp3) is 0.588. The molecule has 2 atom stereocenters. The first-order valence-electron chi connectivity index (χ1n) is 7.89. The van der Waals surface area contributed by atoms with E-state index in [1.165, 1.54) is 5.56 Å². The highest BCUT2D eigenvalue weighted by molar-refractivity contribution is 5.92. The standard InChI is InChI=1S/C17H26N2O2/c1-3-14-7-9-15(10-8-14)18-17(21)11-19-13(2)5-4-6-16(19)12-20/h7-10,13,16,20H,3-6,11-12H2,1-2H3,(H,18,21). The third kappa shape index (κ3) is 4.29. The number of hydrogen-bond acceptors (Lipinski definition) is 3. The zero-order chi connectivity index (χ0) is 15.2. The first-order valence-corrected chi connectivity index (χ1v) is 7.89. The molecule has 1 saturated heterocycles. The minimum absolute atomic E-state index is 0.00792. The molecule has 0 bridgehead atoms. The number of benzene rings is 1. The summed E-state index contributed by atoms with van der Waals surface area (Å²) in [4.78, 5) is 14.3. The van der Waals surface area contributed by atoms with Crippen molar-refractivity contribution in [1.29, 1.82) is 0 Å². The molecule has 116 valence electrons. The van der Waals surface area contributed by atoms with Crippen molar-refractivity contribution in [2.75, 3.05) is 18.5 Å². The van der Waals surface area contributed by atoms with Crippen LogP contribution in [0.25, 0.3) is 0 Å². The summed E-state index contributed by atoms with van der Waals surface area (Å²) in [5, 5.41) is 12.4. The molecule has 2 unspecified atom stereocenters. The fourth-order valence-electron chi connectivity index (χ4n) is 3.01. The first kappa shape index (κ1) is 16.0. The quantitative estimate of drug-likeness (QED) is 0.875. The minimum atomic E-state index is -0.00792. The highest BCUT2D eigenvalue weighted by Crippen LogP contribution is 2.22. The number of aliphatic hydroxyl groups is 1. The van der Waals surface area contributed by atoms with E-state index in [1.54, 1.807) is 0 Å². The van der Waals surface area contributed by atoms with Gasteiger partial charge >= 0.3 is 0 Å². The molecule has 0 spiro atoms. The van der Waals surface area contributed by atoms with Crippen LogP contribution in [0.4, 0.5) is 5.69 Å². The molecule has 1 aliphatic rings. The Balaban J connectivity index is 1.93. The van der Waals surface area contributed by atoms with Crippen molar-refractivity contribution in [3.05, 3.63) is 29.8 Å². The van der Waals surface area contributed by atoms with Crippen molar-refractivity contribution in [1.82, 2.24) is 4.90 Å². The summed E-state index contributed by atoms with van der Waals surface area (Å²) >= 11 is 0. The van der Waals surface area contributed by atoms with Crippen molar-refractivity contribution in [3.8, 4) is 0 Å². The lowest BCUT2D eigenvalue weighted by atomic mass is 9.97. The summed E-state index contributed by atoms with van der Waals surface area (Å²) in [7, 11) is 0. The van der Waals surface area contributed by atoms with E-state index in [-0.39, 0.29) is 18.6 Å².